The third-order valence-electron chi connectivity index (χ3n) is 1.69. The van der Waals surface area contributed by atoms with Gasteiger partial charge in [0.2, 0.25) is 0 Å². The van der Waals surface area contributed by atoms with Crippen LogP contribution in [0, 0.1) is 0 Å². The van der Waals surface area contributed by atoms with Crippen LogP contribution < -0.4 is 0 Å². The quantitative estimate of drug-likeness (QED) is 0.506. The van der Waals surface area contributed by atoms with Crippen molar-refractivity contribution in [3.05, 3.63) is 0 Å². The molecule has 0 bridgehead atoms. The highest BCUT2D eigenvalue weighted by Gasteiger charge is 2.45. The van der Waals surface area contributed by atoms with Crippen molar-refractivity contribution in [2.75, 3.05) is 0 Å². The summed E-state index contributed by atoms with van der Waals surface area (Å²) in [6.07, 6.45) is 0. The van der Waals surface area contributed by atoms with E-state index in [4.69, 9.17) is 0 Å². The largest absolute Gasteiger partial charge is 0.389 e. The van der Waals surface area contributed by atoms with Gasteiger partial charge in [0.1, 0.15) is 0 Å². The van der Waals surface area contributed by atoms with E-state index >= 15 is 0 Å². The van der Waals surface area contributed by atoms with Crippen molar-refractivity contribution in [3.63, 3.8) is 0 Å². The van der Waals surface area contributed by atoms with Gasteiger partial charge >= 0.3 is 7.67 Å². The van der Waals surface area contributed by atoms with Gasteiger partial charge in [-0.05, 0) is 41.5 Å². The van der Waals surface area contributed by atoms with Crippen molar-refractivity contribution < 1.29 is 19.9 Å². The van der Waals surface area contributed by atoms with Crippen LogP contribution in [0.25, 0.3) is 0 Å². The first-order valence-corrected chi connectivity index (χ1v) is 6.19. The maximum Gasteiger partial charge on any atom is 0.389 e. The van der Waals surface area contributed by atoms with Crippen LogP contribution in [-0.4, -0.2) is 36.1 Å². The van der Waals surface area contributed by atoms with Crippen LogP contribution >= 0.6 is 7.67 Å². The molecule has 15 heavy (non-hydrogen) atoms. The number of hydrogen-bond acceptors (Lipinski definition) is 3. The summed E-state index contributed by atoms with van der Waals surface area (Å²) in [7, 11) is -4.34. The van der Waals surface area contributed by atoms with Gasteiger partial charge < -0.3 is 15.3 Å². The number of hydroxylamine groups is 2. The Labute approximate surface area is 90.6 Å². The molecule has 0 radical (unpaired) electrons. The normalized spacial score (nSPS) is 15.1. The summed E-state index contributed by atoms with van der Waals surface area (Å²) in [4.78, 5) is 10.2. The molecule has 0 aromatic heterocycles. The van der Waals surface area contributed by atoms with E-state index in [9.17, 15) is 19.9 Å². The summed E-state index contributed by atoms with van der Waals surface area (Å²) in [5.74, 6) is 0. The molecule has 0 aliphatic rings. The summed E-state index contributed by atoms with van der Waals surface area (Å²) in [5.41, 5.74) is -1.87. The molecule has 0 fully saturated rings. The van der Waals surface area contributed by atoms with Gasteiger partial charge in [0.25, 0.3) is 0 Å². The van der Waals surface area contributed by atoms with Gasteiger partial charge in [0.05, 0.1) is 0 Å². The first kappa shape index (κ1) is 15.0. The standard InChI is InChI=1S/C8H21N2O4P/c1-7(2,3)9(11)15(13,14)10(12)8(4,5)6/h11-12H,1-6H3,(H,13,14). The summed E-state index contributed by atoms with van der Waals surface area (Å²) < 4.78 is 11.8. The number of nitrogens with zero attached hydrogens (tertiary/aromatic N) is 2. The zero-order chi connectivity index (χ0) is 12.7. The molecule has 0 saturated heterocycles. The third kappa shape index (κ3) is 3.52. The van der Waals surface area contributed by atoms with Crippen molar-refractivity contribution in [1.29, 1.82) is 0 Å². The fraction of sp³-hybridized carbons (Fsp3) is 1.00. The SMILES string of the molecule is CC(C)(C)N(O)P(=O)(O)N(O)C(C)(C)C. The van der Waals surface area contributed by atoms with E-state index < -0.39 is 18.7 Å². The average molecular weight is 240 g/mol. The Morgan fingerprint density at radius 2 is 1.07 bits per heavy atom. The molecule has 0 heterocycles. The molecule has 0 rings (SSSR count). The molecule has 0 aromatic carbocycles. The molecule has 7 heteroatoms. The van der Waals surface area contributed by atoms with Gasteiger partial charge in [-0.3, -0.25) is 4.57 Å². The molecule has 0 atom stereocenters. The summed E-state index contributed by atoms with van der Waals surface area (Å²) >= 11 is 0. The minimum atomic E-state index is -4.34. The molecule has 3 N–H and O–H groups in total. The van der Waals surface area contributed by atoms with Gasteiger partial charge in [0.15, 0.2) is 0 Å². The molecule has 92 valence electrons. The van der Waals surface area contributed by atoms with E-state index in [-0.39, 0.29) is 9.67 Å². The van der Waals surface area contributed by atoms with Gasteiger partial charge in [-0.15, -0.1) is 0 Å². The Bertz CT molecular complexity index is 245. The molecule has 0 spiro atoms. The van der Waals surface area contributed by atoms with Crippen molar-refractivity contribution >= 4 is 7.67 Å². The minimum absolute atomic E-state index is 0.283. The van der Waals surface area contributed by atoms with E-state index in [1.807, 2.05) is 0 Å². The zero-order valence-electron chi connectivity index (χ0n) is 10.1. The Balaban J connectivity index is 5.08. The Morgan fingerprint density at radius 1 is 0.867 bits per heavy atom. The Kier molecular flexibility index (Phi) is 4.13. The molecular formula is C8H21N2O4P. The van der Waals surface area contributed by atoms with Crippen LogP contribution in [-0.2, 0) is 4.57 Å². The van der Waals surface area contributed by atoms with Crippen molar-refractivity contribution in [1.82, 2.24) is 9.67 Å². The van der Waals surface area contributed by atoms with Gasteiger partial charge in [0, 0.05) is 11.1 Å². The smallest absolute Gasteiger partial charge is 0.319 e. The average Bonchev–Trinajstić information content (AvgIpc) is 1.98. The highest BCUT2D eigenvalue weighted by atomic mass is 31.2. The fourth-order valence-corrected chi connectivity index (χ4v) is 2.59. The van der Waals surface area contributed by atoms with Crippen LogP contribution in [0.2, 0.25) is 0 Å². The first-order chi connectivity index (χ1) is 6.31. The number of rotatable bonds is 2. The minimum Gasteiger partial charge on any atom is -0.319 e. The molecule has 0 amide bonds. The van der Waals surface area contributed by atoms with E-state index in [0.717, 1.165) is 0 Å². The molecule has 0 aliphatic carbocycles. The van der Waals surface area contributed by atoms with Gasteiger partial charge in [-0.2, -0.15) is 0 Å². The monoisotopic (exact) mass is 240 g/mol. The van der Waals surface area contributed by atoms with Crippen LogP contribution in [0.1, 0.15) is 41.5 Å². The van der Waals surface area contributed by atoms with Gasteiger partial charge in [-0.1, -0.05) is 9.67 Å². The Hall–Kier alpha value is 0.0300. The van der Waals surface area contributed by atoms with E-state index in [1.165, 1.54) is 0 Å². The summed E-state index contributed by atoms with van der Waals surface area (Å²) in [6.45, 7) is 9.37. The molecule has 0 saturated carbocycles. The summed E-state index contributed by atoms with van der Waals surface area (Å²) in [6, 6.07) is 0. The molecular weight excluding hydrogens is 219 g/mol. The topological polar surface area (TPSA) is 84.2 Å². The lowest BCUT2D eigenvalue weighted by Crippen LogP contribution is -2.45. The van der Waals surface area contributed by atoms with Gasteiger partial charge in [-0.25, -0.2) is 0 Å². The highest BCUT2D eigenvalue weighted by molar-refractivity contribution is 7.52. The van der Waals surface area contributed by atoms with E-state index in [1.54, 1.807) is 41.5 Å². The van der Waals surface area contributed by atoms with E-state index in [0.29, 0.717) is 0 Å². The maximum atomic E-state index is 11.8. The molecule has 0 aliphatic heterocycles. The molecule has 6 nitrogen and oxygen atoms in total. The first-order valence-electron chi connectivity index (χ1n) is 4.63. The lowest BCUT2D eigenvalue weighted by atomic mass is 10.1. The lowest BCUT2D eigenvalue weighted by Gasteiger charge is -2.39. The van der Waals surface area contributed by atoms with Crippen molar-refractivity contribution in [2.24, 2.45) is 0 Å². The molecule has 0 unspecified atom stereocenters. The lowest BCUT2D eigenvalue weighted by molar-refractivity contribution is -0.141. The van der Waals surface area contributed by atoms with Crippen molar-refractivity contribution in [2.45, 2.75) is 52.6 Å². The van der Waals surface area contributed by atoms with Crippen LogP contribution in [0.5, 0.6) is 0 Å². The van der Waals surface area contributed by atoms with Crippen LogP contribution in [0.4, 0.5) is 0 Å². The van der Waals surface area contributed by atoms with Crippen LogP contribution in [0.3, 0.4) is 0 Å². The van der Waals surface area contributed by atoms with Crippen LogP contribution in [0.15, 0.2) is 0 Å². The second kappa shape index (κ2) is 4.13. The fourth-order valence-electron chi connectivity index (χ4n) is 0.862. The third-order valence-corrected chi connectivity index (χ3v) is 3.88. The Morgan fingerprint density at radius 3 is 1.20 bits per heavy atom. The number of hydrogen-bond donors (Lipinski definition) is 3. The maximum absolute atomic E-state index is 11.8. The highest BCUT2D eigenvalue weighted by Crippen LogP contribution is 2.53. The predicted molar refractivity (Wildman–Crippen MR) is 56.6 cm³/mol. The second-order valence-corrected chi connectivity index (χ2v) is 7.22. The predicted octanol–water partition coefficient (Wildman–Crippen LogP) is 2.07. The molecule has 0 aromatic rings. The van der Waals surface area contributed by atoms with Crippen molar-refractivity contribution in [3.8, 4) is 0 Å². The van der Waals surface area contributed by atoms with E-state index in [2.05, 4.69) is 0 Å². The second-order valence-electron chi connectivity index (χ2n) is 5.43. The zero-order valence-corrected chi connectivity index (χ0v) is 11.0. The summed E-state index contributed by atoms with van der Waals surface area (Å²) in [5, 5.41) is 19.1.